The highest BCUT2D eigenvalue weighted by molar-refractivity contribution is 5.76. The Kier molecular flexibility index (Phi) is 4.70. The zero-order chi connectivity index (χ0) is 17.1. The number of ether oxygens (including phenoxy) is 2. The number of imidazole rings is 1. The predicted octanol–water partition coefficient (Wildman–Crippen LogP) is 4.67. The number of fused-ring (bicyclic) bond motifs is 1. The van der Waals surface area contributed by atoms with E-state index in [0.29, 0.717) is 6.61 Å². The van der Waals surface area contributed by atoms with Crippen LogP contribution in [0.5, 0.6) is 5.75 Å². The molecule has 0 saturated carbocycles. The number of benzene rings is 2. The molecule has 4 heteroatoms. The van der Waals surface area contributed by atoms with Crippen molar-refractivity contribution in [3.8, 4) is 5.75 Å². The Morgan fingerprint density at radius 3 is 2.80 bits per heavy atom. The van der Waals surface area contributed by atoms with E-state index in [0.717, 1.165) is 49.5 Å². The molecule has 2 heterocycles. The van der Waals surface area contributed by atoms with Crippen molar-refractivity contribution in [1.29, 1.82) is 0 Å². The third-order valence-electron chi connectivity index (χ3n) is 4.72. The van der Waals surface area contributed by atoms with Crippen molar-refractivity contribution in [2.24, 2.45) is 0 Å². The zero-order valence-corrected chi connectivity index (χ0v) is 14.6. The summed E-state index contributed by atoms with van der Waals surface area (Å²) in [4.78, 5) is 4.84. The van der Waals surface area contributed by atoms with Gasteiger partial charge in [0.15, 0.2) is 0 Å². The van der Waals surface area contributed by atoms with Gasteiger partial charge in [-0.15, -0.1) is 0 Å². The van der Waals surface area contributed by atoms with Gasteiger partial charge >= 0.3 is 0 Å². The highest BCUT2D eigenvalue weighted by Gasteiger charge is 2.24. The van der Waals surface area contributed by atoms with Crippen LogP contribution in [0.2, 0.25) is 0 Å². The summed E-state index contributed by atoms with van der Waals surface area (Å²) in [6.45, 7) is 4.51. The number of aryl methyl sites for hydroxylation is 2. The first kappa shape index (κ1) is 16.2. The van der Waals surface area contributed by atoms with Gasteiger partial charge in [-0.25, -0.2) is 4.98 Å². The van der Waals surface area contributed by atoms with Gasteiger partial charge in [0.1, 0.15) is 17.7 Å². The molecular weight excluding hydrogens is 312 g/mol. The van der Waals surface area contributed by atoms with Crippen LogP contribution in [0, 0.1) is 6.92 Å². The smallest absolute Gasteiger partial charge is 0.139 e. The second-order valence-corrected chi connectivity index (χ2v) is 6.63. The number of para-hydroxylation sites is 2. The van der Waals surface area contributed by atoms with E-state index < -0.39 is 0 Å². The Bertz CT molecular complexity index is 833. The van der Waals surface area contributed by atoms with Gasteiger partial charge in [-0.2, -0.15) is 0 Å². The molecule has 1 fully saturated rings. The highest BCUT2D eigenvalue weighted by atomic mass is 16.5. The minimum Gasteiger partial charge on any atom is -0.494 e. The summed E-state index contributed by atoms with van der Waals surface area (Å²) >= 11 is 0. The molecule has 1 aliphatic rings. The van der Waals surface area contributed by atoms with Gasteiger partial charge in [0.05, 0.1) is 17.6 Å². The topological polar surface area (TPSA) is 36.3 Å². The lowest BCUT2D eigenvalue weighted by molar-refractivity contribution is 0.102. The van der Waals surface area contributed by atoms with Crippen molar-refractivity contribution >= 4 is 11.0 Å². The van der Waals surface area contributed by atoms with Crippen molar-refractivity contribution < 1.29 is 9.47 Å². The molecule has 0 aliphatic carbocycles. The van der Waals surface area contributed by atoms with E-state index >= 15 is 0 Å². The van der Waals surface area contributed by atoms with Gasteiger partial charge in [-0.3, -0.25) is 0 Å². The Morgan fingerprint density at radius 2 is 2.00 bits per heavy atom. The highest BCUT2D eigenvalue weighted by Crippen LogP contribution is 2.30. The van der Waals surface area contributed by atoms with Crippen LogP contribution >= 0.6 is 0 Å². The second kappa shape index (κ2) is 7.28. The van der Waals surface area contributed by atoms with Crippen LogP contribution in [0.25, 0.3) is 11.0 Å². The van der Waals surface area contributed by atoms with E-state index in [1.54, 1.807) is 0 Å². The van der Waals surface area contributed by atoms with Gasteiger partial charge in [0, 0.05) is 13.2 Å². The van der Waals surface area contributed by atoms with Crippen molar-refractivity contribution in [1.82, 2.24) is 9.55 Å². The Balaban J connectivity index is 1.46. The zero-order valence-electron chi connectivity index (χ0n) is 14.6. The quantitative estimate of drug-likeness (QED) is 0.614. The van der Waals surface area contributed by atoms with E-state index in [-0.39, 0.29) is 6.10 Å². The Labute approximate surface area is 148 Å². The van der Waals surface area contributed by atoms with Gasteiger partial charge in [0.2, 0.25) is 0 Å². The lowest BCUT2D eigenvalue weighted by Crippen LogP contribution is -2.11. The van der Waals surface area contributed by atoms with Gasteiger partial charge in [-0.1, -0.05) is 29.8 Å². The fraction of sp³-hybridized carbons (Fsp3) is 0.381. The fourth-order valence-electron chi connectivity index (χ4n) is 3.40. The number of hydrogen-bond acceptors (Lipinski definition) is 3. The summed E-state index contributed by atoms with van der Waals surface area (Å²) in [6, 6.07) is 16.5. The van der Waals surface area contributed by atoms with Gasteiger partial charge in [-0.05, 0) is 50.5 Å². The monoisotopic (exact) mass is 336 g/mol. The van der Waals surface area contributed by atoms with Crippen molar-refractivity contribution in [2.45, 2.75) is 38.8 Å². The predicted molar refractivity (Wildman–Crippen MR) is 99.0 cm³/mol. The maximum absolute atomic E-state index is 5.88. The second-order valence-electron chi connectivity index (χ2n) is 6.63. The summed E-state index contributed by atoms with van der Waals surface area (Å²) in [5.41, 5.74) is 3.48. The minimum absolute atomic E-state index is 0.130. The van der Waals surface area contributed by atoms with Gasteiger partial charge < -0.3 is 14.0 Å². The van der Waals surface area contributed by atoms with Gasteiger partial charge in [0.25, 0.3) is 0 Å². The molecule has 2 aromatic carbocycles. The molecule has 0 bridgehead atoms. The maximum atomic E-state index is 5.88. The van der Waals surface area contributed by atoms with E-state index in [9.17, 15) is 0 Å². The lowest BCUT2D eigenvalue weighted by atomic mass is 10.2. The summed E-state index contributed by atoms with van der Waals surface area (Å²) in [5, 5.41) is 0. The first-order chi connectivity index (χ1) is 12.3. The van der Waals surface area contributed by atoms with Crippen LogP contribution in [0.1, 0.15) is 36.8 Å². The van der Waals surface area contributed by atoms with E-state index in [2.05, 4.69) is 41.8 Å². The standard InChI is InChI=1S/C21H24N2O2/c1-16-9-11-17(12-10-16)24-15-5-13-23-19-7-3-2-6-18(19)22-21(23)20-8-4-14-25-20/h2-3,6-7,9-12,20H,4-5,8,13-15H2,1H3/t20-/m0/s1. The fourth-order valence-corrected chi connectivity index (χ4v) is 3.40. The molecule has 3 aromatic rings. The van der Waals surface area contributed by atoms with Crippen molar-refractivity contribution in [2.75, 3.05) is 13.2 Å². The normalized spacial score (nSPS) is 17.2. The number of hydrogen-bond donors (Lipinski definition) is 0. The number of rotatable bonds is 6. The molecule has 130 valence electrons. The summed E-state index contributed by atoms with van der Waals surface area (Å²) in [6.07, 6.45) is 3.24. The SMILES string of the molecule is Cc1ccc(OCCCn2c([C@@H]3CCCO3)nc3ccccc32)cc1. The molecule has 0 radical (unpaired) electrons. The van der Waals surface area contributed by atoms with Crippen molar-refractivity contribution in [3.05, 3.63) is 59.9 Å². The number of aromatic nitrogens is 2. The average molecular weight is 336 g/mol. The molecule has 0 spiro atoms. The molecular formula is C21H24N2O2. The summed E-state index contributed by atoms with van der Waals surface area (Å²) < 4.78 is 14.1. The summed E-state index contributed by atoms with van der Waals surface area (Å²) in [5.74, 6) is 1.99. The molecule has 0 amide bonds. The van der Waals surface area contributed by atoms with E-state index in [4.69, 9.17) is 14.5 Å². The van der Waals surface area contributed by atoms with Crippen LogP contribution in [-0.4, -0.2) is 22.8 Å². The Hall–Kier alpha value is -2.33. The molecule has 1 saturated heterocycles. The lowest BCUT2D eigenvalue weighted by Gasteiger charge is -2.14. The van der Waals surface area contributed by atoms with Crippen LogP contribution in [0.15, 0.2) is 48.5 Å². The molecule has 0 N–H and O–H groups in total. The molecule has 25 heavy (non-hydrogen) atoms. The molecule has 1 aromatic heterocycles. The average Bonchev–Trinajstić information content (AvgIpc) is 3.28. The van der Waals surface area contributed by atoms with Crippen LogP contribution in [0.3, 0.4) is 0 Å². The molecule has 1 aliphatic heterocycles. The third kappa shape index (κ3) is 3.54. The van der Waals surface area contributed by atoms with Crippen LogP contribution in [0.4, 0.5) is 0 Å². The van der Waals surface area contributed by atoms with Crippen molar-refractivity contribution in [3.63, 3.8) is 0 Å². The minimum atomic E-state index is 0.130. The molecule has 4 rings (SSSR count). The van der Waals surface area contributed by atoms with Crippen LogP contribution in [-0.2, 0) is 11.3 Å². The first-order valence-corrected chi connectivity index (χ1v) is 9.07. The molecule has 4 nitrogen and oxygen atoms in total. The largest absolute Gasteiger partial charge is 0.494 e. The molecule has 0 unspecified atom stereocenters. The van der Waals surface area contributed by atoms with E-state index in [1.165, 1.54) is 11.1 Å². The molecule has 1 atom stereocenters. The summed E-state index contributed by atoms with van der Waals surface area (Å²) in [7, 11) is 0. The maximum Gasteiger partial charge on any atom is 0.139 e. The third-order valence-corrected chi connectivity index (χ3v) is 4.72. The Morgan fingerprint density at radius 1 is 1.16 bits per heavy atom. The number of nitrogens with zero attached hydrogens (tertiary/aromatic N) is 2. The van der Waals surface area contributed by atoms with Crippen LogP contribution < -0.4 is 4.74 Å². The first-order valence-electron chi connectivity index (χ1n) is 9.07. The van der Waals surface area contributed by atoms with E-state index in [1.807, 2.05) is 18.2 Å².